The fourth-order valence-electron chi connectivity index (χ4n) is 4.24. The molecule has 3 rings (SSSR count). The lowest BCUT2D eigenvalue weighted by Gasteiger charge is -2.30. The Morgan fingerprint density at radius 3 is 2.15 bits per heavy atom. The third-order valence-electron chi connectivity index (χ3n) is 6.22. The Labute approximate surface area is 232 Å². The Bertz CT molecular complexity index is 1430. The first-order chi connectivity index (χ1) is 18.9. The van der Waals surface area contributed by atoms with Crippen LogP contribution in [0.25, 0.3) is 0 Å². The lowest BCUT2D eigenvalue weighted by Crippen LogP contribution is -2.46. The first-order valence-corrected chi connectivity index (χ1v) is 13.8. The largest absolute Gasteiger partial charge is 0.478 e. The number of dihydropyridines is 1. The van der Waals surface area contributed by atoms with Crippen LogP contribution in [0.5, 0.6) is 0 Å². The van der Waals surface area contributed by atoms with Gasteiger partial charge in [-0.25, -0.2) is 18.0 Å². The average Bonchev–Trinajstić information content (AvgIpc) is 2.88. The molecule has 2 aromatic rings. The van der Waals surface area contributed by atoms with Crippen molar-refractivity contribution in [2.75, 3.05) is 11.8 Å². The van der Waals surface area contributed by atoms with Crippen molar-refractivity contribution in [2.45, 2.75) is 51.8 Å². The third kappa shape index (κ3) is 7.07. The number of carboxylic acid groups (broad SMARTS) is 1. The number of hydrogen-bond donors (Lipinski definition) is 3. The van der Waals surface area contributed by atoms with Gasteiger partial charge < -0.3 is 24.6 Å². The fourth-order valence-corrected chi connectivity index (χ4v) is 5.74. The number of benzene rings is 2. The van der Waals surface area contributed by atoms with Gasteiger partial charge in [0.1, 0.15) is 12.2 Å². The Morgan fingerprint density at radius 2 is 1.57 bits per heavy atom. The first kappa shape index (κ1) is 30.4. The number of esters is 2. The third-order valence-corrected chi connectivity index (χ3v) is 7.98. The minimum absolute atomic E-state index is 0.0190. The average molecular weight is 573 g/mol. The molecule has 0 fully saturated rings. The number of carbonyl (C=O) groups excluding carboxylic acids is 2. The van der Waals surface area contributed by atoms with Gasteiger partial charge in [-0.3, -0.25) is 9.52 Å². The van der Waals surface area contributed by atoms with Crippen molar-refractivity contribution >= 4 is 33.6 Å². The second-order valence-corrected chi connectivity index (χ2v) is 11.1. The molecule has 0 saturated carbocycles. The van der Waals surface area contributed by atoms with Gasteiger partial charge in [-0.05, 0) is 45.4 Å². The van der Waals surface area contributed by atoms with E-state index in [0.29, 0.717) is 0 Å². The van der Waals surface area contributed by atoms with Gasteiger partial charge >= 0.3 is 17.9 Å². The minimum Gasteiger partial charge on any atom is -0.478 e. The van der Waals surface area contributed by atoms with Crippen LogP contribution in [0.1, 0.15) is 31.9 Å². The molecule has 214 valence electrons. The monoisotopic (exact) mass is 572 g/mol. The van der Waals surface area contributed by atoms with E-state index in [1.807, 2.05) is 13.0 Å². The number of rotatable bonds is 11. The summed E-state index contributed by atoms with van der Waals surface area (Å²) < 4.78 is 44.9. The maximum Gasteiger partial charge on any atom is 0.339 e. The fraction of sp³-hybridized carbons (Fsp3) is 0.321. The van der Waals surface area contributed by atoms with Gasteiger partial charge in [0.15, 0.2) is 0 Å². The highest BCUT2D eigenvalue weighted by Crippen LogP contribution is 2.29. The van der Waals surface area contributed by atoms with Crippen molar-refractivity contribution in [3.05, 3.63) is 88.3 Å². The lowest BCUT2D eigenvalue weighted by atomic mass is 9.94. The molecule has 0 saturated heterocycles. The predicted octanol–water partition coefficient (Wildman–Crippen LogP) is 3.03. The Kier molecular flexibility index (Phi) is 9.72. The molecule has 3 unspecified atom stereocenters. The van der Waals surface area contributed by atoms with Gasteiger partial charge in [0.05, 0.1) is 24.9 Å². The van der Waals surface area contributed by atoms with Gasteiger partial charge in [-0.1, -0.05) is 48.0 Å². The van der Waals surface area contributed by atoms with Crippen molar-refractivity contribution in [1.29, 1.82) is 0 Å². The zero-order chi connectivity index (χ0) is 29.6. The number of ether oxygens (including phenoxy) is 3. The van der Waals surface area contributed by atoms with Crippen LogP contribution in [0.3, 0.4) is 0 Å². The van der Waals surface area contributed by atoms with E-state index in [4.69, 9.17) is 14.2 Å². The van der Waals surface area contributed by atoms with Crippen LogP contribution in [0.15, 0.2) is 77.1 Å². The summed E-state index contributed by atoms with van der Waals surface area (Å²) in [6.07, 6.45) is -2.87. The van der Waals surface area contributed by atoms with Crippen LogP contribution >= 0.6 is 0 Å². The summed E-state index contributed by atoms with van der Waals surface area (Å²) >= 11 is 0. The number of sulfonamides is 1. The molecule has 1 heterocycles. The predicted molar refractivity (Wildman–Crippen MR) is 146 cm³/mol. The van der Waals surface area contributed by atoms with E-state index in [1.54, 1.807) is 36.4 Å². The number of allylic oxidation sites excluding steroid dienone is 2. The summed E-state index contributed by atoms with van der Waals surface area (Å²) in [5.74, 6) is -3.52. The summed E-state index contributed by atoms with van der Waals surface area (Å²) in [7, 11) is -3.43. The van der Waals surface area contributed by atoms with Crippen LogP contribution in [0.2, 0.25) is 0 Å². The Hall–Kier alpha value is -4.16. The topological polar surface area (TPSA) is 157 Å². The van der Waals surface area contributed by atoms with Gasteiger partial charge in [0.25, 0.3) is 0 Å². The highest BCUT2D eigenvalue weighted by Gasteiger charge is 2.43. The van der Waals surface area contributed by atoms with Crippen molar-refractivity contribution in [1.82, 2.24) is 5.32 Å². The van der Waals surface area contributed by atoms with Gasteiger partial charge in [0.2, 0.25) is 15.3 Å². The molecule has 0 bridgehead atoms. The van der Waals surface area contributed by atoms with E-state index in [0.717, 1.165) is 18.2 Å². The van der Waals surface area contributed by atoms with Crippen LogP contribution in [-0.4, -0.2) is 56.0 Å². The van der Waals surface area contributed by atoms with Crippen LogP contribution in [-0.2, 0) is 45.2 Å². The van der Waals surface area contributed by atoms with E-state index in [-0.39, 0.29) is 34.8 Å². The molecule has 11 nitrogen and oxygen atoms in total. The molecule has 0 spiro atoms. The van der Waals surface area contributed by atoms with Crippen molar-refractivity contribution in [3.63, 3.8) is 0 Å². The number of aryl methyl sites for hydroxylation is 1. The van der Waals surface area contributed by atoms with E-state index in [1.165, 1.54) is 32.9 Å². The molecule has 3 atom stereocenters. The van der Waals surface area contributed by atoms with Gasteiger partial charge in [-0.15, -0.1) is 0 Å². The molecular weight excluding hydrogens is 540 g/mol. The summed E-state index contributed by atoms with van der Waals surface area (Å²) in [6.45, 7) is 6.12. The molecule has 0 aromatic heterocycles. The maximum absolute atomic E-state index is 13.5. The van der Waals surface area contributed by atoms with E-state index >= 15 is 0 Å². The molecule has 2 aromatic carbocycles. The number of aliphatic carboxylic acids is 1. The number of hydrogen-bond acceptors (Lipinski definition) is 9. The maximum atomic E-state index is 13.5. The number of carbonyl (C=O) groups is 3. The second-order valence-electron chi connectivity index (χ2n) is 9.25. The minimum atomic E-state index is -4.45. The second kappa shape index (κ2) is 12.8. The van der Waals surface area contributed by atoms with Crippen LogP contribution < -0.4 is 10.0 Å². The molecule has 3 N–H and O–H groups in total. The van der Waals surface area contributed by atoms with Crippen LogP contribution in [0, 0.1) is 6.92 Å². The first-order valence-electron chi connectivity index (χ1n) is 12.3. The van der Waals surface area contributed by atoms with E-state index in [2.05, 4.69) is 10.0 Å². The smallest absolute Gasteiger partial charge is 0.339 e. The molecule has 0 amide bonds. The quantitative estimate of drug-likeness (QED) is 0.342. The number of anilines is 1. The molecule has 40 heavy (non-hydrogen) atoms. The lowest BCUT2D eigenvalue weighted by molar-refractivity contribution is -0.150. The van der Waals surface area contributed by atoms with E-state index < -0.39 is 45.4 Å². The SMILES string of the molecule is COC(=O)C(C(C)OC(=O)C1=C(C)NC(C)=C(C(=O)O)C1OCc1ccccc1)S(=O)(=O)Nc1ccc(C)cc1. The summed E-state index contributed by atoms with van der Waals surface area (Å²) in [5.41, 5.74) is 1.99. The zero-order valence-electron chi connectivity index (χ0n) is 22.8. The Balaban J connectivity index is 1.90. The zero-order valence-corrected chi connectivity index (χ0v) is 23.6. The normalized spacial score (nSPS) is 17.0. The number of nitrogens with one attached hydrogen (secondary N) is 2. The summed E-state index contributed by atoms with van der Waals surface area (Å²) in [4.78, 5) is 38.2. The molecule has 0 radical (unpaired) electrons. The van der Waals surface area contributed by atoms with Gasteiger partial charge in [0, 0.05) is 17.1 Å². The summed E-state index contributed by atoms with van der Waals surface area (Å²) in [6, 6.07) is 15.4. The standard InChI is InChI=1S/C28H32N2O9S/c1-16-11-13-21(14-12-16)30-40(35,36)25(28(34)37-5)19(4)39-27(33)23-18(3)29-17(2)22(26(31)32)24(23)38-15-20-9-7-6-8-10-20/h6-14,19,24-25,29-30H,15H2,1-5H3,(H,31,32). The highest BCUT2D eigenvalue weighted by atomic mass is 32.2. The van der Waals surface area contributed by atoms with E-state index in [9.17, 15) is 27.9 Å². The molecule has 12 heteroatoms. The van der Waals surface area contributed by atoms with Crippen molar-refractivity contribution < 1.29 is 42.1 Å². The molecule has 1 aliphatic rings. The number of carboxylic acids is 1. The Morgan fingerprint density at radius 1 is 0.975 bits per heavy atom. The van der Waals surface area contributed by atoms with Crippen molar-refractivity contribution in [2.24, 2.45) is 0 Å². The van der Waals surface area contributed by atoms with Gasteiger partial charge in [-0.2, -0.15) is 0 Å². The number of methoxy groups -OCH3 is 1. The molecule has 1 aliphatic heterocycles. The van der Waals surface area contributed by atoms with Crippen molar-refractivity contribution in [3.8, 4) is 0 Å². The summed E-state index contributed by atoms with van der Waals surface area (Å²) in [5, 5.41) is 10.8. The molecule has 0 aliphatic carbocycles. The van der Waals surface area contributed by atoms with Crippen LogP contribution in [0.4, 0.5) is 5.69 Å². The highest BCUT2D eigenvalue weighted by molar-refractivity contribution is 7.94. The molecular formula is C28H32N2O9S.